The lowest BCUT2D eigenvalue weighted by Gasteiger charge is -2.43. The maximum absolute atomic E-state index is 4.70. The van der Waals surface area contributed by atoms with Crippen LogP contribution in [0.1, 0.15) is 56.3 Å². The van der Waals surface area contributed by atoms with Gasteiger partial charge in [-0.25, -0.2) is 9.98 Å². The summed E-state index contributed by atoms with van der Waals surface area (Å²) in [5.74, 6) is 1.70. The molecule has 1 aromatic rings. The van der Waals surface area contributed by atoms with Gasteiger partial charge in [-0.3, -0.25) is 0 Å². The molecule has 0 saturated heterocycles. The Morgan fingerprint density at radius 2 is 2.18 bits per heavy atom. The van der Waals surface area contributed by atoms with Gasteiger partial charge in [-0.2, -0.15) is 0 Å². The van der Waals surface area contributed by atoms with E-state index in [1.165, 1.54) is 30.6 Å². The lowest BCUT2D eigenvalue weighted by molar-refractivity contribution is 0.104. The van der Waals surface area contributed by atoms with E-state index in [0.29, 0.717) is 12.0 Å². The summed E-state index contributed by atoms with van der Waals surface area (Å²) in [7, 11) is 0. The van der Waals surface area contributed by atoms with Crippen LogP contribution in [0, 0.1) is 18.3 Å². The molecule has 4 nitrogen and oxygen atoms in total. The van der Waals surface area contributed by atoms with E-state index in [2.05, 4.69) is 36.4 Å². The zero-order chi connectivity index (χ0) is 16.0. The van der Waals surface area contributed by atoms with E-state index in [9.17, 15) is 0 Å². The van der Waals surface area contributed by atoms with Crippen molar-refractivity contribution >= 4 is 17.3 Å². The number of hydrogen-bond acceptors (Lipinski definition) is 3. The molecule has 1 aliphatic rings. The van der Waals surface area contributed by atoms with Gasteiger partial charge < -0.3 is 10.6 Å². The minimum absolute atomic E-state index is 0.492. The van der Waals surface area contributed by atoms with E-state index in [1.807, 2.05) is 13.1 Å². The van der Waals surface area contributed by atoms with Crippen molar-refractivity contribution in [3.8, 4) is 0 Å². The quantitative estimate of drug-likeness (QED) is 0.594. The molecule has 1 aromatic heterocycles. The van der Waals surface area contributed by atoms with Crippen molar-refractivity contribution in [3.05, 3.63) is 16.1 Å². The average molecular weight is 323 g/mol. The first-order valence-corrected chi connectivity index (χ1v) is 9.28. The van der Waals surface area contributed by atoms with Crippen LogP contribution in [0.25, 0.3) is 0 Å². The standard InChI is InChI=1S/C17H30N4S/c1-5-18-16(20-11-15-10-19-14(4)22-15)21-12-17(7-6-8-17)9-13(2)3/h10,13H,5-9,11-12H2,1-4H3,(H2,18,20,21). The van der Waals surface area contributed by atoms with Crippen LogP contribution < -0.4 is 10.6 Å². The first-order valence-electron chi connectivity index (χ1n) is 8.46. The number of nitrogens with one attached hydrogen (secondary N) is 2. The van der Waals surface area contributed by atoms with Crippen molar-refractivity contribution in [1.82, 2.24) is 15.6 Å². The molecular formula is C17H30N4S. The fraction of sp³-hybridized carbons (Fsp3) is 0.765. The SMILES string of the molecule is CCNC(=NCc1cnc(C)s1)NCC1(CC(C)C)CCC1. The van der Waals surface area contributed by atoms with Gasteiger partial charge in [0.25, 0.3) is 0 Å². The van der Waals surface area contributed by atoms with Crippen LogP contribution in [-0.2, 0) is 6.54 Å². The molecule has 2 rings (SSSR count). The van der Waals surface area contributed by atoms with Crippen molar-refractivity contribution < 1.29 is 0 Å². The van der Waals surface area contributed by atoms with Crippen LogP contribution in [0.3, 0.4) is 0 Å². The highest BCUT2D eigenvalue weighted by Crippen LogP contribution is 2.45. The highest BCUT2D eigenvalue weighted by Gasteiger charge is 2.37. The Hall–Kier alpha value is -1.10. The summed E-state index contributed by atoms with van der Waals surface area (Å²) in [4.78, 5) is 10.2. The maximum atomic E-state index is 4.70. The molecule has 1 fully saturated rings. The first-order chi connectivity index (χ1) is 10.5. The summed E-state index contributed by atoms with van der Waals surface area (Å²) in [5.41, 5.74) is 0.492. The van der Waals surface area contributed by atoms with E-state index in [-0.39, 0.29) is 0 Å². The lowest BCUT2D eigenvalue weighted by atomic mass is 9.64. The number of rotatable bonds is 7. The van der Waals surface area contributed by atoms with Crippen LogP contribution in [-0.4, -0.2) is 24.0 Å². The molecule has 2 N–H and O–H groups in total. The minimum atomic E-state index is 0.492. The van der Waals surface area contributed by atoms with Crippen LogP contribution in [0.15, 0.2) is 11.2 Å². The third-order valence-electron chi connectivity index (χ3n) is 4.29. The van der Waals surface area contributed by atoms with Crippen LogP contribution >= 0.6 is 11.3 Å². The van der Waals surface area contributed by atoms with Crippen molar-refractivity contribution in [2.75, 3.05) is 13.1 Å². The molecule has 0 amide bonds. The van der Waals surface area contributed by atoms with Crippen LogP contribution in [0.2, 0.25) is 0 Å². The Morgan fingerprint density at radius 1 is 1.41 bits per heavy atom. The van der Waals surface area contributed by atoms with Gasteiger partial charge in [-0.05, 0) is 44.4 Å². The smallest absolute Gasteiger partial charge is 0.191 e. The first kappa shape index (κ1) is 17.3. The minimum Gasteiger partial charge on any atom is -0.357 e. The van der Waals surface area contributed by atoms with Gasteiger partial charge in [0, 0.05) is 24.2 Å². The number of guanidine groups is 1. The summed E-state index contributed by atoms with van der Waals surface area (Å²) in [5, 5.41) is 8.03. The molecule has 5 heteroatoms. The summed E-state index contributed by atoms with van der Waals surface area (Å²) in [6, 6.07) is 0. The molecule has 1 aliphatic carbocycles. The molecule has 0 aromatic carbocycles. The summed E-state index contributed by atoms with van der Waals surface area (Å²) < 4.78 is 0. The Morgan fingerprint density at radius 3 is 2.68 bits per heavy atom. The monoisotopic (exact) mass is 322 g/mol. The number of aliphatic imine (C=N–C) groups is 1. The third-order valence-corrected chi connectivity index (χ3v) is 5.19. The Balaban J connectivity index is 1.90. The van der Waals surface area contributed by atoms with Gasteiger partial charge in [-0.1, -0.05) is 20.3 Å². The second-order valence-corrected chi connectivity index (χ2v) is 8.17. The van der Waals surface area contributed by atoms with Crippen LogP contribution in [0.5, 0.6) is 0 Å². The maximum Gasteiger partial charge on any atom is 0.191 e. The van der Waals surface area contributed by atoms with E-state index in [1.54, 1.807) is 11.3 Å². The summed E-state index contributed by atoms with van der Waals surface area (Å²) in [6.07, 6.45) is 7.33. The number of thiazole rings is 1. The van der Waals surface area contributed by atoms with E-state index in [0.717, 1.165) is 30.0 Å². The van der Waals surface area contributed by atoms with E-state index in [4.69, 9.17) is 4.99 Å². The van der Waals surface area contributed by atoms with Crippen molar-refractivity contribution in [2.24, 2.45) is 16.3 Å². The molecule has 1 saturated carbocycles. The Kier molecular flexibility index (Phi) is 6.24. The molecule has 1 heterocycles. The molecule has 0 unspecified atom stereocenters. The second-order valence-electron chi connectivity index (χ2n) is 6.85. The van der Waals surface area contributed by atoms with E-state index >= 15 is 0 Å². The van der Waals surface area contributed by atoms with Gasteiger partial charge in [0.1, 0.15) is 0 Å². The van der Waals surface area contributed by atoms with Crippen LogP contribution in [0.4, 0.5) is 0 Å². The van der Waals surface area contributed by atoms with E-state index < -0.39 is 0 Å². The Bertz CT molecular complexity index is 489. The van der Waals surface area contributed by atoms with Gasteiger partial charge in [0.05, 0.1) is 11.6 Å². The molecule has 0 aliphatic heterocycles. The van der Waals surface area contributed by atoms with Gasteiger partial charge in [0.15, 0.2) is 5.96 Å². The highest BCUT2D eigenvalue weighted by molar-refractivity contribution is 7.11. The zero-order valence-corrected chi connectivity index (χ0v) is 15.2. The van der Waals surface area contributed by atoms with Gasteiger partial charge in [0.2, 0.25) is 0 Å². The molecular weight excluding hydrogens is 292 g/mol. The molecule has 124 valence electrons. The fourth-order valence-corrected chi connectivity index (χ4v) is 3.96. The fourth-order valence-electron chi connectivity index (χ4n) is 3.24. The highest BCUT2D eigenvalue weighted by atomic mass is 32.1. The molecule has 0 atom stereocenters. The van der Waals surface area contributed by atoms with Crippen molar-refractivity contribution in [1.29, 1.82) is 0 Å². The number of nitrogens with zero attached hydrogens (tertiary/aromatic N) is 2. The lowest BCUT2D eigenvalue weighted by Crippen LogP contribution is -2.47. The third kappa shape index (κ3) is 4.97. The van der Waals surface area contributed by atoms with Crippen molar-refractivity contribution in [2.45, 2.75) is 59.9 Å². The predicted molar refractivity (Wildman–Crippen MR) is 95.4 cm³/mol. The van der Waals surface area contributed by atoms with Crippen molar-refractivity contribution in [3.63, 3.8) is 0 Å². The Labute approximate surface area is 138 Å². The number of hydrogen-bond donors (Lipinski definition) is 2. The largest absolute Gasteiger partial charge is 0.357 e. The summed E-state index contributed by atoms with van der Waals surface area (Å²) in [6.45, 7) is 11.4. The second kappa shape index (κ2) is 7.95. The van der Waals surface area contributed by atoms with Gasteiger partial charge >= 0.3 is 0 Å². The number of aryl methyl sites for hydroxylation is 1. The summed E-state index contributed by atoms with van der Waals surface area (Å²) >= 11 is 1.72. The molecule has 0 bridgehead atoms. The molecule has 0 radical (unpaired) electrons. The molecule has 22 heavy (non-hydrogen) atoms. The average Bonchev–Trinajstić information content (AvgIpc) is 2.84. The zero-order valence-electron chi connectivity index (χ0n) is 14.4. The predicted octanol–water partition coefficient (Wildman–Crippen LogP) is 3.72. The topological polar surface area (TPSA) is 49.3 Å². The number of aromatic nitrogens is 1. The normalized spacial score (nSPS) is 17.4. The van der Waals surface area contributed by atoms with Gasteiger partial charge in [-0.15, -0.1) is 11.3 Å². The molecule has 0 spiro atoms.